The Labute approximate surface area is 110 Å². The maximum absolute atomic E-state index is 12.3. The molecule has 0 aromatic heterocycles. The summed E-state index contributed by atoms with van der Waals surface area (Å²) in [5.74, 6) is 0.809. The first kappa shape index (κ1) is 13.4. The number of carbonyl (C=O) groups excluding carboxylic acids is 1. The summed E-state index contributed by atoms with van der Waals surface area (Å²) in [6, 6.07) is 0.678. The van der Waals surface area contributed by atoms with Gasteiger partial charge in [-0.15, -0.1) is 11.6 Å². The fourth-order valence-electron chi connectivity index (χ4n) is 3.26. The van der Waals surface area contributed by atoms with Crippen molar-refractivity contribution in [2.45, 2.75) is 63.3 Å². The largest absolute Gasteiger partial charge is 0.327 e. The molecule has 2 nitrogen and oxygen atoms in total. The Hall–Kier alpha value is -0.0800. The molecule has 98 valence electrons. The predicted octanol–water partition coefficient (Wildman–Crippen LogP) is 1.81. The molecule has 1 heterocycles. The van der Waals surface area contributed by atoms with E-state index in [4.69, 9.17) is 11.6 Å². The second-order valence-electron chi connectivity index (χ2n) is 5.90. The highest BCUT2D eigenvalue weighted by atomic mass is 35.5. The Kier molecular flexibility index (Phi) is 4.87. The second kappa shape index (κ2) is 6.19. The van der Waals surface area contributed by atoms with Crippen molar-refractivity contribution in [1.82, 2.24) is 0 Å². The number of Topliss-reactive ketones (excluding diaryl/α,β-unsaturated/α-hetero) is 1. The molecule has 2 atom stereocenters. The van der Waals surface area contributed by atoms with Gasteiger partial charge in [0.25, 0.3) is 0 Å². The number of hydrogen-bond acceptors (Lipinski definition) is 1. The molecule has 1 saturated carbocycles. The summed E-state index contributed by atoms with van der Waals surface area (Å²) < 4.78 is 0. The number of alkyl halides is 1. The molecule has 0 bridgehead atoms. The minimum atomic E-state index is 0.312. The average molecular weight is 259 g/mol. The van der Waals surface area contributed by atoms with E-state index in [1.165, 1.54) is 30.7 Å². The third kappa shape index (κ3) is 3.69. The Bertz CT molecular complexity index is 261. The van der Waals surface area contributed by atoms with Gasteiger partial charge < -0.3 is 4.90 Å². The van der Waals surface area contributed by atoms with Crippen LogP contribution in [0.4, 0.5) is 0 Å². The summed E-state index contributed by atoms with van der Waals surface area (Å²) in [6.45, 7) is 4.24. The molecule has 1 aliphatic heterocycles. The molecule has 17 heavy (non-hydrogen) atoms. The highest BCUT2D eigenvalue weighted by Gasteiger charge is 2.30. The number of quaternary nitrogens is 1. The van der Waals surface area contributed by atoms with Crippen LogP contribution in [0.2, 0.25) is 0 Å². The highest BCUT2D eigenvalue weighted by Crippen LogP contribution is 2.27. The van der Waals surface area contributed by atoms with E-state index in [0.29, 0.717) is 23.1 Å². The first-order valence-corrected chi connectivity index (χ1v) is 7.62. The third-order valence-corrected chi connectivity index (χ3v) is 5.03. The lowest BCUT2D eigenvalue weighted by molar-refractivity contribution is -0.921. The number of halogens is 1. The summed E-state index contributed by atoms with van der Waals surface area (Å²) in [6.07, 6.45) is 8.03. The Balaban J connectivity index is 1.79. The van der Waals surface area contributed by atoms with Gasteiger partial charge in [0.15, 0.2) is 5.78 Å². The summed E-state index contributed by atoms with van der Waals surface area (Å²) in [7, 11) is 0. The summed E-state index contributed by atoms with van der Waals surface area (Å²) in [4.78, 5) is 13.8. The first-order valence-electron chi connectivity index (χ1n) is 7.18. The fraction of sp³-hybridized carbons (Fsp3) is 0.929. The van der Waals surface area contributed by atoms with E-state index in [0.717, 1.165) is 32.2 Å². The Morgan fingerprint density at radius 1 is 1.18 bits per heavy atom. The van der Waals surface area contributed by atoms with Gasteiger partial charge in [0.1, 0.15) is 6.54 Å². The molecule has 0 aromatic carbocycles. The second-order valence-corrected chi connectivity index (χ2v) is 6.51. The molecule has 1 aliphatic carbocycles. The van der Waals surface area contributed by atoms with Crippen LogP contribution in [-0.4, -0.2) is 30.3 Å². The number of piperidine rings is 1. The number of rotatable bonds is 3. The van der Waals surface area contributed by atoms with Crippen LogP contribution in [0, 0.1) is 5.92 Å². The minimum absolute atomic E-state index is 0.312. The molecular formula is C14H25ClNO+. The van der Waals surface area contributed by atoms with Crippen molar-refractivity contribution in [2.75, 3.05) is 13.1 Å². The van der Waals surface area contributed by atoms with Crippen LogP contribution < -0.4 is 4.90 Å². The predicted molar refractivity (Wildman–Crippen MR) is 70.6 cm³/mol. The van der Waals surface area contributed by atoms with Gasteiger partial charge >= 0.3 is 0 Å². The van der Waals surface area contributed by atoms with Gasteiger partial charge in [-0.3, -0.25) is 4.79 Å². The zero-order chi connectivity index (χ0) is 12.3. The first-order chi connectivity index (χ1) is 8.16. The van der Waals surface area contributed by atoms with Crippen LogP contribution in [0.5, 0.6) is 0 Å². The van der Waals surface area contributed by atoms with Gasteiger partial charge in [0.2, 0.25) is 0 Å². The van der Waals surface area contributed by atoms with Crippen molar-refractivity contribution < 1.29 is 9.69 Å². The van der Waals surface area contributed by atoms with Crippen molar-refractivity contribution >= 4 is 17.4 Å². The van der Waals surface area contributed by atoms with Gasteiger partial charge in [-0.25, -0.2) is 0 Å². The summed E-state index contributed by atoms with van der Waals surface area (Å²) in [5, 5.41) is 0.320. The Morgan fingerprint density at radius 3 is 2.53 bits per heavy atom. The molecule has 0 spiro atoms. The van der Waals surface area contributed by atoms with Crippen LogP contribution >= 0.6 is 11.6 Å². The van der Waals surface area contributed by atoms with E-state index in [1.807, 2.05) is 0 Å². The van der Waals surface area contributed by atoms with Gasteiger partial charge in [0, 0.05) is 11.3 Å². The SMILES string of the molecule is CC1CCCC[NH+]1CC(=O)C1CCC(Cl)CC1. The number of hydrogen-bond donors (Lipinski definition) is 1. The fourth-order valence-corrected chi connectivity index (χ4v) is 3.51. The molecule has 2 fully saturated rings. The molecule has 0 aromatic rings. The monoisotopic (exact) mass is 258 g/mol. The lowest BCUT2D eigenvalue weighted by atomic mass is 9.85. The van der Waals surface area contributed by atoms with E-state index >= 15 is 0 Å². The van der Waals surface area contributed by atoms with Crippen molar-refractivity contribution in [2.24, 2.45) is 5.92 Å². The lowest BCUT2D eigenvalue weighted by Gasteiger charge is -2.31. The normalized spacial score (nSPS) is 38.9. The topological polar surface area (TPSA) is 21.5 Å². The van der Waals surface area contributed by atoms with Gasteiger partial charge in [-0.2, -0.15) is 0 Å². The maximum atomic E-state index is 12.3. The molecule has 2 rings (SSSR count). The van der Waals surface area contributed by atoms with E-state index in [2.05, 4.69) is 6.92 Å². The van der Waals surface area contributed by atoms with Crippen molar-refractivity contribution in [1.29, 1.82) is 0 Å². The molecule has 0 amide bonds. The number of carbonyl (C=O) groups is 1. The molecule has 1 N–H and O–H groups in total. The molecule has 0 radical (unpaired) electrons. The molecule has 1 saturated heterocycles. The molecule has 3 heteroatoms. The van der Waals surface area contributed by atoms with E-state index in [-0.39, 0.29) is 0 Å². The quantitative estimate of drug-likeness (QED) is 0.767. The van der Waals surface area contributed by atoms with Crippen LogP contribution in [0.15, 0.2) is 0 Å². The summed E-state index contributed by atoms with van der Waals surface area (Å²) in [5.41, 5.74) is 0. The van der Waals surface area contributed by atoms with Crippen LogP contribution in [0.3, 0.4) is 0 Å². The average Bonchev–Trinajstić information content (AvgIpc) is 2.33. The smallest absolute Gasteiger partial charge is 0.189 e. The number of nitrogens with one attached hydrogen (secondary N) is 1. The van der Waals surface area contributed by atoms with Crippen LogP contribution in [0.1, 0.15) is 51.9 Å². The minimum Gasteiger partial charge on any atom is -0.327 e. The van der Waals surface area contributed by atoms with Crippen LogP contribution in [0.25, 0.3) is 0 Å². The third-order valence-electron chi connectivity index (χ3n) is 4.60. The van der Waals surface area contributed by atoms with Crippen LogP contribution in [-0.2, 0) is 4.79 Å². The zero-order valence-corrected chi connectivity index (χ0v) is 11.6. The van der Waals surface area contributed by atoms with Crippen molar-refractivity contribution in [3.63, 3.8) is 0 Å². The molecular weight excluding hydrogens is 234 g/mol. The summed E-state index contributed by atoms with van der Waals surface area (Å²) >= 11 is 6.09. The lowest BCUT2D eigenvalue weighted by Crippen LogP contribution is -3.17. The molecule has 2 aliphatic rings. The van der Waals surface area contributed by atoms with Gasteiger partial charge in [0.05, 0.1) is 12.6 Å². The number of ketones is 1. The van der Waals surface area contributed by atoms with E-state index < -0.39 is 0 Å². The van der Waals surface area contributed by atoms with Crippen molar-refractivity contribution in [3.05, 3.63) is 0 Å². The maximum Gasteiger partial charge on any atom is 0.189 e. The van der Waals surface area contributed by atoms with E-state index in [9.17, 15) is 4.79 Å². The molecule has 2 unspecified atom stereocenters. The standard InChI is InChI=1S/C14H24ClNO/c1-11-4-2-3-9-16(11)10-14(17)12-5-7-13(15)8-6-12/h11-13H,2-10H2,1H3/p+1. The highest BCUT2D eigenvalue weighted by molar-refractivity contribution is 6.20. The van der Waals surface area contributed by atoms with Gasteiger partial charge in [-0.1, -0.05) is 0 Å². The van der Waals surface area contributed by atoms with Gasteiger partial charge in [-0.05, 0) is 51.9 Å². The van der Waals surface area contributed by atoms with E-state index in [1.54, 1.807) is 0 Å². The number of likely N-dealkylation sites (tertiary alicyclic amines) is 1. The zero-order valence-electron chi connectivity index (χ0n) is 10.9. The van der Waals surface area contributed by atoms with Crippen molar-refractivity contribution in [3.8, 4) is 0 Å². The Morgan fingerprint density at radius 2 is 1.88 bits per heavy atom.